The quantitative estimate of drug-likeness (QED) is 0.509. The summed E-state index contributed by atoms with van der Waals surface area (Å²) in [7, 11) is 0. The molecular formula is C23H30N2. The van der Waals surface area contributed by atoms with E-state index in [2.05, 4.69) is 77.9 Å². The summed E-state index contributed by atoms with van der Waals surface area (Å²) in [4.78, 5) is 9.99. The van der Waals surface area contributed by atoms with Gasteiger partial charge in [0.15, 0.2) is 0 Å². The average molecular weight is 335 g/mol. The van der Waals surface area contributed by atoms with Crippen molar-refractivity contribution in [2.75, 3.05) is 0 Å². The number of benzene rings is 2. The van der Waals surface area contributed by atoms with Crippen LogP contribution < -0.4 is 0 Å². The summed E-state index contributed by atoms with van der Waals surface area (Å²) in [5.41, 5.74) is 9.14. The van der Waals surface area contributed by atoms with Crippen LogP contribution in [0.15, 0.2) is 46.4 Å². The Morgan fingerprint density at radius 1 is 0.760 bits per heavy atom. The minimum Gasteiger partial charge on any atom is -0.251 e. The molecule has 0 radical (unpaired) electrons. The third kappa shape index (κ3) is 4.88. The fourth-order valence-electron chi connectivity index (χ4n) is 2.99. The summed E-state index contributed by atoms with van der Waals surface area (Å²) in [6.07, 6.45) is 3.25. The first-order chi connectivity index (χ1) is 11.9. The Morgan fingerprint density at radius 3 is 1.64 bits per heavy atom. The molecule has 25 heavy (non-hydrogen) atoms. The SMILES string of the molecule is CCCCC(=Nc1c(C)cccc1C)C(C)=Nc1c(C)cccc1C. The van der Waals surface area contributed by atoms with Gasteiger partial charge in [-0.1, -0.05) is 49.7 Å². The Bertz CT molecular complexity index is 757. The first kappa shape index (κ1) is 19.1. The highest BCUT2D eigenvalue weighted by Gasteiger charge is 2.09. The molecule has 0 amide bonds. The molecule has 0 saturated heterocycles. The largest absolute Gasteiger partial charge is 0.251 e. The van der Waals surface area contributed by atoms with Gasteiger partial charge < -0.3 is 0 Å². The zero-order valence-corrected chi connectivity index (χ0v) is 16.5. The van der Waals surface area contributed by atoms with Gasteiger partial charge in [0, 0.05) is 0 Å². The average Bonchev–Trinajstić information content (AvgIpc) is 2.57. The minimum absolute atomic E-state index is 0.963. The van der Waals surface area contributed by atoms with Gasteiger partial charge in [0.1, 0.15) is 0 Å². The van der Waals surface area contributed by atoms with Crippen LogP contribution >= 0.6 is 0 Å². The molecule has 0 N–H and O–H groups in total. The molecule has 0 heterocycles. The Morgan fingerprint density at radius 2 is 1.20 bits per heavy atom. The number of aryl methyl sites for hydroxylation is 4. The predicted molar refractivity (Wildman–Crippen MR) is 111 cm³/mol. The Hall–Kier alpha value is -2.22. The summed E-state index contributed by atoms with van der Waals surface area (Å²) in [5.74, 6) is 0. The summed E-state index contributed by atoms with van der Waals surface area (Å²) >= 11 is 0. The van der Waals surface area contributed by atoms with E-state index in [9.17, 15) is 0 Å². The van der Waals surface area contributed by atoms with Gasteiger partial charge in [-0.2, -0.15) is 0 Å². The van der Waals surface area contributed by atoms with Crippen molar-refractivity contribution in [2.45, 2.75) is 60.8 Å². The summed E-state index contributed by atoms with van der Waals surface area (Å²) in [5, 5.41) is 0. The second-order valence-electron chi connectivity index (χ2n) is 6.84. The molecule has 0 aliphatic heterocycles. The highest BCUT2D eigenvalue weighted by Crippen LogP contribution is 2.26. The van der Waals surface area contributed by atoms with Crippen LogP contribution in [0.5, 0.6) is 0 Å². The van der Waals surface area contributed by atoms with E-state index in [1.54, 1.807) is 0 Å². The third-order valence-corrected chi connectivity index (χ3v) is 4.59. The second kappa shape index (κ2) is 8.75. The van der Waals surface area contributed by atoms with Crippen LogP contribution in [-0.2, 0) is 0 Å². The van der Waals surface area contributed by atoms with E-state index in [1.807, 2.05) is 0 Å². The number of unbranched alkanes of at least 4 members (excludes halogenated alkanes) is 1. The third-order valence-electron chi connectivity index (χ3n) is 4.59. The highest BCUT2D eigenvalue weighted by molar-refractivity contribution is 6.42. The van der Waals surface area contributed by atoms with E-state index in [4.69, 9.17) is 9.98 Å². The highest BCUT2D eigenvalue weighted by atomic mass is 14.8. The van der Waals surface area contributed by atoms with Crippen molar-refractivity contribution in [3.8, 4) is 0 Å². The maximum Gasteiger partial charge on any atom is 0.0692 e. The van der Waals surface area contributed by atoms with Gasteiger partial charge in [-0.15, -0.1) is 0 Å². The smallest absolute Gasteiger partial charge is 0.0692 e. The molecule has 2 aromatic rings. The lowest BCUT2D eigenvalue weighted by Gasteiger charge is -2.11. The van der Waals surface area contributed by atoms with Crippen molar-refractivity contribution in [1.82, 2.24) is 0 Å². The van der Waals surface area contributed by atoms with E-state index in [0.29, 0.717) is 0 Å². The van der Waals surface area contributed by atoms with Crippen LogP contribution in [0.3, 0.4) is 0 Å². The van der Waals surface area contributed by atoms with Gasteiger partial charge in [-0.3, -0.25) is 9.98 Å². The number of rotatable bonds is 6. The number of hydrogen-bond acceptors (Lipinski definition) is 2. The summed E-state index contributed by atoms with van der Waals surface area (Å²) in [6, 6.07) is 12.7. The van der Waals surface area contributed by atoms with Crippen LogP contribution in [0.2, 0.25) is 0 Å². The molecule has 0 spiro atoms. The molecular weight excluding hydrogens is 304 g/mol. The molecule has 0 aliphatic carbocycles. The molecule has 0 unspecified atom stereocenters. The molecule has 2 rings (SSSR count). The molecule has 2 nitrogen and oxygen atoms in total. The van der Waals surface area contributed by atoms with Crippen LogP contribution in [-0.4, -0.2) is 11.4 Å². The van der Waals surface area contributed by atoms with Crippen molar-refractivity contribution >= 4 is 22.8 Å². The molecule has 0 fully saturated rings. The number of para-hydroxylation sites is 2. The van der Waals surface area contributed by atoms with Gasteiger partial charge >= 0.3 is 0 Å². The molecule has 0 atom stereocenters. The molecule has 2 aromatic carbocycles. The zero-order valence-electron chi connectivity index (χ0n) is 16.5. The van der Waals surface area contributed by atoms with Crippen molar-refractivity contribution in [1.29, 1.82) is 0 Å². The number of hydrogen-bond donors (Lipinski definition) is 0. The van der Waals surface area contributed by atoms with Crippen LogP contribution in [0, 0.1) is 27.7 Å². The van der Waals surface area contributed by atoms with Gasteiger partial charge in [-0.25, -0.2) is 0 Å². The lowest BCUT2D eigenvalue weighted by atomic mass is 10.1. The van der Waals surface area contributed by atoms with E-state index in [-0.39, 0.29) is 0 Å². The first-order valence-electron chi connectivity index (χ1n) is 9.19. The normalized spacial score (nSPS) is 12.6. The van der Waals surface area contributed by atoms with Crippen LogP contribution in [0.4, 0.5) is 11.4 Å². The van der Waals surface area contributed by atoms with E-state index < -0.39 is 0 Å². The molecule has 0 bridgehead atoms. The standard InChI is InChI=1S/C23H30N2/c1-7-8-15-21(25-23-18(4)13-10-14-19(23)5)20(6)24-22-16(2)11-9-12-17(22)3/h9-14H,7-8,15H2,1-6H3. The van der Waals surface area contributed by atoms with Gasteiger partial charge in [-0.05, 0) is 69.7 Å². The maximum absolute atomic E-state index is 5.04. The first-order valence-corrected chi connectivity index (χ1v) is 9.19. The second-order valence-corrected chi connectivity index (χ2v) is 6.84. The van der Waals surface area contributed by atoms with E-state index >= 15 is 0 Å². The van der Waals surface area contributed by atoms with Gasteiger partial charge in [0.25, 0.3) is 0 Å². The molecule has 0 aromatic heterocycles. The summed E-state index contributed by atoms with van der Waals surface area (Å²) < 4.78 is 0. The van der Waals surface area contributed by atoms with Gasteiger partial charge in [0.05, 0.1) is 22.8 Å². The Kier molecular flexibility index (Phi) is 6.69. The van der Waals surface area contributed by atoms with Crippen molar-refractivity contribution in [3.05, 3.63) is 58.7 Å². The number of nitrogens with zero attached hydrogens (tertiary/aromatic N) is 2. The molecule has 132 valence electrons. The predicted octanol–water partition coefficient (Wildman–Crippen LogP) is 6.98. The lowest BCUT2D eigenvalue weighted by Crippen LogP contribution is -2.10. The zero-order chi connectivity index (χ0) is 18.4. The Labute approximate surface area is 152 Å². The minimum atomic E-state index is 0.963. The number of aliphatic imine (C=N–C) groups is 2. The lowest BCUT2D eigenvalue weighted by molar-refractivity contribution is 0.838. The van der Waals surface area contributed by atoms with Crippen molar-refractivity contribution in [2.24, 2.45) is 9.98 Å². The Balaban J connectivity index is 2.50. The maximum atomic E-state index is 5.04. The van der Waals surface area contributed by atoms with Gasteiger partial charge in [0.2, 0.25) is 0 Å². The molecule has 0 aliphatic rings. The molecule has 2 heteroatoms. The van der Waals surface area contributed by atoms with E-state index in [1.165, 1.54) is 22.3 Å². The monoisotopic (exact) mass is 334 g/mol. The fourth-order valence-corrected chi connectivity index (χ4v) is 2.99. The van der Waals surface area contributed by atoms with Crippen LogP contribution in [0.25, 0.3) is 0 Å². The van der Waals surface area contributed by atoms with Crippen molar-refractivity contribution < 1.29 is 0 Å². The summed E-state index contributed by atoms with van der Waals surface area (Å²) in [6.45, 7) is 12.8. The topological polar surface area (TPSA) is 24.7 Å². The van der Waals surface area contributed by atoms with E-state index in [0.717, 1.165) is 42.1 Å². The van der Waals surface area contributed by atoms with Crippen LogP contribution in [0.1, 0.15) is 55.4 Å². The van der Waals surface area contributed by atoms with Crippen molar-refractivity contribution in [3.63, 3.8) is 0 Å². The molecule has 0 saturated carbocycles. The fraction of sp³-hybridized carbons (Fsp3) is 0.391.